The van der Waals surface area contributed by atoms with E-state index in [1.54, 1.807) is 18.2 Å². The minimum absolute atomic E-state index is 0.111. The first-order valence-electron chi connectivity index (χ1n) is 13.6. The molecule has 4 heteroatoms. The minimum Gasteiger partial charge on any atom is -0.256 e. The van der Waals surface area contributed by atoms with Gasteiger partial charge in [0.05, 0.1) is 21.4 Å². The summed E-state index contributed by atoms with van der Waals surface area (Å²) >= 11 is 0. The summed E-state index contributed by atoms with van der Waals surface area (Å²) in [6, 6.07) is 39.2. The third-order valence-electron chi connectivity index (χ3n) is 8.46. The zero-order chi connectivity index (χ0) is 27.0. The van der Waals surface area contributed by atoms with Gasteiger partial charge >= 0.3 is 0 Å². The van der Waals surface area contributed by atoms with Crippen LogP contribution in [0.3, 0.4) is 0 Å². The molecular weight excluding hydrogens is 510 g/mol. The van der Waals surface area contributed by atoms with E-state index in [1.807, 2.05) is 18.2 Å². The summed E-state index contributed by atoms with van der Waals surface area (Å²) < 4.78 is 27.2. The van der Waals surface area contributed by atoms with E-state index in [0.717, 1.165) is 50.8 Å². The van der Waals surface area contributed by atoms with Crippen molar-refractivity contribution < 1.29 is 8.42 Å². The highest BCUT2D eigenvalue weighted by Gasteiger charge is 2.42. The Kier molecular flexibility index (Phi) is 4.95. The molecule has 0 bridgehead atoms. The fraction of sp³-hybridized carbons (Fsp3) is 0.0833. The van der Waals surface area contributed by atoms with Gasteiger partial charge in [0.1, 0.15) is 0 Å². The van der Waals surface area contributed by atoms with E-state index < -0.39 is 9.84 Å². The van der Waals surface area contributed by atoms with Crippen LogP contribution in [0.4, 0.5) is 5.69 Å². The molecule has 6 aromatic rings. The molecule has 0 N–H and O–H groups in total. The van der Waals surface area contributed by atoms with Crippen molar-refractivity contribution >= 4 is 42.8 Å². The predicted molar refractivity (Wildman–Crippen MR) is 163 cm³/mol. The highest BCUT2D eigenvalue weighted by atomic mass is 32.2. The van der Waals surface area contributed by atoms with Gasteiger partial charge in [-0.05, 0) is 80.6 Å². The van der Waals surface area contributed by atoms with Gasteiger partial charge in [-0.25, -0.2) is 8.42 Å². The van der Waals surface area contributed by atoms with E-state index in [4.69, 9.17) is 4.99 Å². The zero-order valence-electron chi connectivity index (χ0n) is 21.9. The monoisotopic (exact) mass is 535 g/mol. The molecular formula is C36H25NO2S. The van der Waals surface area contributed by atoms with Gasteiger partial charge in [0.25, 0.3) is 0 Å². The first kappa shape index (κ1) is 23.4. The summed E-state index contributed by atoms with van der Waals surface area (Å²) in [7, 11) is -3.60. The fourth-order valence-corrected chi connectivity index (χ4v) is 8.24. The molecule has 0 aromatic heterocycles. The number of aliphatic imine (C=N–C) groups is 1. The Bertz CT molecular complexity index is 2180. The molecule has 6 aromatic carbocycles. The molecule has 1 unspecified atom stereocenters. The molecule has 0 saturated heterocycles. The molecule has 192 valence electrons. The highest BCUT2D eigenvalue weighted by molar-refractivity contribution is 7.91. The van der Waals surface area contributed by atoms with Gasteiger partial charge in [-0.3, -0.25) is 4.99 Å². The summed E-state index contributed by atoms with van der Waals surface area (Å²) in [4.78, 5) is 5.87. The van der Waals surface area contributed by atoms with Crippen molar-refractivity contribution in [3.8, 4) is 22.3 Å². The van der Waals surface area contributed by atoms with E-state index in [0.29, 0.717) is 9.79 Å². The Labute approximate surface area is 233 Å². The number of hydrogen-bond donors (Lipinski definition) is 0. The van der Waals surface area contributed by atoms with E-state index in [9.17, 15) is 8.42 Å². The van der Waals surface area contributed by atoms with Crippen molar-refractivity contribution in [2.24, 2.45) is 4.99 Å². The van der Waals surface area contributed by atoms with Crippen molar-refractivity contribution in [2.75, 3.05) is 0 Å². The molecule has 0 spiro atoms. The van der Waals surface area contributed by atoms with Crippen molar-refractivity contribution in [2.45, 2.75) is 29.1 Å². The number of fused-ring (bicyclic) bond motifs is 4. The van der Waals surface area contributed by atoms with Crippen LogP contribution >= 0.6 is 0 Å². The predicted octanol–water partition coefficient (Wildman–Crippen LogP) is 9.10. The smallest absolute Gasteiger partial charge is 0.207 e. The third-order valence-corrected chi connectivity index (χ3v) is 10.3. The van der Waals surface area contributed by atoms with Crippen molar-refractivity contribution in [1.29, 1.82) is 0 Å². The first-order valence-corrected chi connectivity index (χ1v) is 15.1. The maximum Gasteiger partial charge on any atom is 0.207 e. The lowest BCUT2D eigenvalue weighted by atomic mass is 9.85. The van der Waals surface area contributed by atoms with E-state index >= 15 is 0 Å². The van der Waals surface area contributed by atoms with Gasteiger partial charge in [-0.15, -0.1) is 0 Å². The molecule has 40 heavy (non-hydrogen) atoms. The number of nitrogens with zero attached hydrogens (tertiary/aromatic N) is 1. The molecule has 0 fully saturated rings. The minimum atomic E-state index is -3.60. The summed E-state index contributed by atoms with van der Waals surface area (Å²) in [6.07, 6.45) is 0.766. The molecule has 1 atom stereocenters. The van der Waals surface area contributed by atoms with Crippen LogP contribution in [-0.4, -0.2) is 14.1 Å². The summed E-state index contributed by atoms with van der Waals surface area (Å²) in [5, 5.41) is 4.77. The third kappa shape index (κ3) is 3.29. The van der Waals surface area contributed by atoms with Crippen molar-refractivity contribution in [1.82, 2.24) is 0 Å². The normalized spacial score (nSPS) is 16.5. The Morgan fingerprint density at radius 1 is 0.625 bits per heavy atom. The van der Waals surface area contributed by atoms with Gasteiger partial charge in [0, 0.05) is 16.8 Å². The summed E-state index contributed by atoms with van der Waals surface area (Å²) in [5.74, 6) is -0.111. The zero-order valence-corrected chi connectivity index (χ0v) is 22.7. The first-order chi connectivity index (χ1) is 19.5. The van der Waals surface area contributed by atoms with Crippen LogP contribution in [0.2, 0.25) is 0 Å². The summed E-state index contributed by atoms with van der Waals surface area (Å²) in [6.45, 7) is 2.10. The van der Waals surface area contributed by atoms with Crippen LogP contribution in [0.15, 0.2) is 130 Å². The van der Waals surface area contributed by atoms with Crippen LogP contribution in [0.25, 0.3) is 43.8 Å². The van der Waals surface area contributed by atoms with Crippen LogP contribution < -0.4 is 0 Å². The van der Waals surface area contributed by atoms with Gasteiger partial charge in [0.15, 0.2) is 0 Å². The topological polar surface area (TPSA) is 46.5 Å². The molecule has 2 aliphatic rings. The SMILES string of the molecule is CCC1=Nc2c(-c3ccc4cc(-c5ccc6ccccc6c5)ccc4c3)ccc3c2C1c1ccccc1S3(=O)=O. The lowest BCUT2D eigenvalue weighted by Gasteiger charge is -2.26. The molecule has 0 radical (unpaired) electrons. The van der Waals surface area contributed by atoms with Gasteiger partial charge < -0.3 is 0 Å². The lowest BCUT2D eigenvalue weighted by molar-refractivity contribution is 0.591. The second-order valence-corrected chi connectivity index (χ2v) is 12.5. The van der Waals surface area contributed by atoms with Gasteiger partial charge in [0.2, 0.25) is 9.84 Å². The van der Waals surface area contributed by atoms with E-state index in [-0.39, 0.29) is 5.92 Å². The maximum atomic E-state index is 13.6. The Hall–Kier alpha value is -4.54. The van der Waals surface area contributed by atoms with E-state index in [1.165, 1.54) is 21.9 Å². The molecule has 0 saturated carbocycles. The molecule has 8 rings (SSSR count). The average Bonchev–Trinajstić information content (AvgIpc) is 3.39. The van der Waals surface area contributed by atoms with Crippen LogP contribution in [0.5, 0.6) is 0 Å². The average molecular weight is 536 g/mol. The van der Waals surface area contributed by atoms with E-state index in [2.05, 4.69) is 85.8 Å². The van der Waals surface area contributed by atoms with Crippen molar-refractivity contribution in [3.05, 3.63) is 126 Å². The molecule has 2 heterocycles. The largest absolute Gasteiger partial charge is 0.256 e. The Balaban J connectivity index is 1.25. The maximum absolute atomic E-state index is 13.6. The Morgan fingerprint density at radius 3 is 1.98 bits per heavy atom. The number of rotatable bonds is 3. The molecule has 2 aliphatic heterocycles. The van der Waals surface area contributed by atoms with Crippen LogP contribution in [0.1, 0.15) is 30.4 Å². The number of benzene rings is 6. The highest BCUT2D eigenvalue weighted by Crippen LogP contribution is 2.53. The van der Waals surface area contributed by atoms with Crippen LogP contribution in [-0.2, 0) is 9.84 Å². The van der Waals surface area contributed by atoms with Crippen molar-refractivity contribution in [3.63, 3.8) is 0 Å². The quantitative estimate of drug-likeness (QED) is 0.227. The second-order valence-electron chi connectivity index (χ2n) is 10.6. The molecule has 3 nitrogen and oxygen atoms in total. The van der Waals surface area contributed by atoms with Crippen LogP contribution in [0, 0.1) is 0 Å². The number of sulfone groups is 1. The van der Waals surface area contributed by atoms with Gasteiger partial charge in [-0.2, -0.15) is 0 Å². The Morgan fingerprint density at radius 2 is 1.23 bits per heavy atom. The lowest BCUT2D eigenvalue weighted by Crippen LogP contribution is -2.21. The second kappa shape index (κ2) is 8.48. The molecule has 0 aliphatic carbocycles. The standard InChI is InChI=1S/C36H25NO2S/c1-2-31-34-30-9-5-6-10-32(30)40(38,39)33-18-17-29(36(37-31)35(33)34)28-16-15-26-20-25(13-14-27(26)21-28)24-12-11-22-7-3-4-8-23(22)19-24/h3-21,34H,2H2,1H3. The number of hydrogen-bond acceptors (Lipinski definition) is 3. The molecule has 0 amide bonds. The fourth-order valence-electron chi connectivity index (χ4n) is 6.49. The van der Waals surface area contributed by atoms with Gasteiger partial charge in [-0.1, -0.05) is 91.9 Å². The summed E-state index contributed by atoms with van der Waals surface area (Å²) in [5.41, 5.74) is 7.88.